The van der Waals surface area contributed by atoms with Crippen molar-refractivity contribution in [3.63, 3.8) is 0 Å². The van der Waals surface area contributed by atoms with Crippen LogP contribution >= 0.6 is 15.9 Å². The summed E-state index contributed by atoms with van der Waals surface area (Å²) in [6, 6.07) is 17.7. The first-order valence-corrected chi connectivity index (χ1v) is 13.3. The molecule has 0 radical (unpaired) electrons. The van der Waals surface area contributed by atoms with Gasteiger partial charge in [-0.15, -0.1) is 0 Å². The molecule has 192 valence electrons. The highest BCUT2D eigenvalue weighted by Crippen LogP contribution is 2.16. The minimum Gasteiger partial charge on any atom is -0.345 e. The van der Waals surface area contributed by atoms with Gasteiger partial charge in [0.25, 0.3) is 5.91 Å². The van der Waals surface area contributed by atoms with Gasteiger partial charge in [0.2, 0.25) is 5.91 Å². The predicted octanol–water partition coefficient (Wildman–Crippen LogP) is 6.37. The number of halogens is 2. The van der Waals surface area contributed by atoms with Crippen LogP contribution in [0.25, 0.3) is 0 Å². The number of carbonyl (C=O) groups is 2. The number of rotatable bonds is 12. The van der Waals surface area contributed by atoms with Gasteiger partial charge in [0.15, 0.2) is 0 Å². The Kier molecular flexibility index (Phi) is 10.3. The number of hydrogen-bond acceptors (Lipinski definition) is 2. The molecule has 0 spiro atoms. The van der Waals surface area contributed by atoms with Gasteiger partial charge in [-0.1, -0.05) is 55.3 Å². The number of hydrogen-bond donors (Lipinski definition) is 0. The van der Waals surface area contributed by atoms with Crippen LogP contribution in [0.15, 0.2) is 71.3 Å². The van der Waals surface area contributed by atoms with Crippen molar-refractivity contribution in [3.05, 3.63) is 94.0 Å². The molecule has 0 N–H and O–H groups in total. The van der Waals surface area contributed by atoms with Gasteiger partial charge in [-0.25, -0.2) is 4.39 Å². The van der Waals surface area contributed by atoms with Crippen LogP contribution in [0, 0.1) is 11.7 Å². The fourth-order valence-electron chi connectivity index (χ4n) is 4.07. The van der Waals surface area contributed by atoms with Crippen LogP contribution in [0.2, 0.25) is 0 Å². The van der Waals surface area contributed by atoms with Crippen molar-refractivity contribution in [3.8, 4) is 0 Å². The molecule has 0 atom stereocenters. The number of carbonyl (C=O) groups excluding carboxylic acids is 2. The Morgan fingerprint density at radius 1 is 1.00 bits per heavy atom. The Hall–Kier alpha value is -2.93. The van der Waals surface area contributed by atoms with Crippen LogP contribution in [0.4, 0.5) is 4.39 Å². The molecule has 2 aromatic carbocycles. The molecule has 0 saturated heterocycles. The van der Waals surface area contributed by atoms with Gasteiger partial charge < -0.3 is 14.4 Å². The molecule has 2 amide bonds. The van der Waals surface area contributed by atoms with E-state index in [0.29, 0.717) is 31.7 Å². The second kappa shape index (κ2) is 13.4. The number of unbranched alkanes of at least 4 members (excludes halogenated alkanes) is 1. The van der Waals surface area contributed by atoms with Crippen molar-refractivity contribution >= 4 is 27.7 Å². The first-order chi connectivity index (χ1) is 17.3. The summed E-state index contributed by atoms with van der Waals surface area (Å²) >= 11 is 3.48. The zero-order valence-electron chi connectivity index (χ0n) is 21.3. The molecular formula is C29H35BrFN3O2. The van der Waals surface area contributed by atoms with Crippen LogP contribution < -0.4 is 0 Å². The molecule has 0 bridgehead atoms. The number of amides is 2. The third-order valence-corrected chi connectivity index (χ3v) is 6.50. The molecule has 3 aromatic rings. The Morgan fingerprint density at radius 2 is 1.69 bits per heavy atom. The van der Waals surface area contributed by atoms with E-state index in [2.05, 4.69) is 39.6 Å². The van der Waals surface area contributed by atoms with Crippen molar-refractivity contribution in [2.75, 3.05) is 19.6 Å². The zero-order valence-corrected chi connectivity index (χ0v) is 22.9. The second-order valence-corrected chi connectivity index (χ2v) is 10.4. The Balaban J connectivity index is 1.76. The lowest BCUT2D eigenvalue weighted by Crippen LogP contribution is -2.44. The van der Waals surface area contributed by atoms with E-state index in [0.717, 1.165) is 23.0 Å². The molecule has 3 rings (SSSR count). The minimum absolute atomic E-state index is 0.00841. The quantitative estimate of drug-likeness (QED) is 0.261. The highest BCUT2D eigenvalue weighted by molar-refractivity contribution is 9.10. The lowest BCUT2D eigenvalue weighted by molar-refractivity contribution is -0.132. The van der Waals surface area contributed by atoms with E-state index in [-0.39, 0.29) is 24.3 Å². The van der Waals surface area contributed by atoms with Gasteiger partial charge in [-0.05, 0) is 66.4 Å². The van der Waals surface area contributed by atoms with E-state index >= 15 is 0 Å². The SMILES string of the molecule is CCCCN(Cc1cccn1Cc1ccc(Br)cc1)C(=O)CN(CC(C)C)C(=O)c1ccc(F)cc1. The molecular weight excluding hydrogens is 521 g/mol. The van der Waals surface area contributed by atoms with Crippen LogP contribution in [0.5, 0.6) is 0 Å². The van der Waals surface area contributed by atoms with E-state index in [1.54, 1.807) is 4.90 Å². The summed E-state index contributed by atoms with van der Waals surface area (Å²) in [6.07, 6.45) is 3.88. The van der Waals surface area contributed by atoms with Crippen molar-refractivity contribution < 1.29 is 14.0 Å². The molecule has 0 fully saturated rings. The molecule has 1 aromatic heterocycles. The van der Waals surface area contributed by atoms with Gasteiger partial charge >= 0.3 is 0 Å². The predicted molar refractivity (Wildman–Crippen MR) is 145 cm³/mol. The third kappa shape index (κ3) is 8.05. The average molecular weight is 557 g/mol. The molecule has 36 heavy (non-hydrogen) atoms. The van der Waals surface area contributed by atoms with Gasteiger partial charge in [-0.3, -0.25) is 9.59 Å². The summed E-state index contributed by atoms with van der Waals surface area (Å²) in [6.45, 7) is 8.38. The van der Waals surface area contributed by atoms with E-state index in [1.807, 2.05) is 49.2 Å². The topological polar surface area (TPSA) is 45.6 Å². The van der Waals surface area contributed by atoms with Gasteiger partial charge in [0.05, 0.1) is 6.54 Å². The first kappa shape index (κ1) is 27.7. The molecule has 0 aliphatic heterocycles. The molecule has 0 saturated carbocycles. The number of benzene rings is 2. The summed E-state index contributed by atoms with van der Waals surface area (Å²) in [7, 11) is 0. The standard InChI is InChI=1S/C29H35BrFN3O2/c1-4-5-16-33(20-27-7-6-17-32(27)19-23-8-12-25(30)13-9-23)28(35)21-34(18-22(2)3)29(36)24-10-14-26(31)15-11-24/h6-15,17,22H,4-5,16,18-21H2,1-3H3. The van der Waals surface area contributed by atoms with Gasteiger partial charge in [0, 0.05) is 41.6 Å². The Labute approximate surface area is 222 Å². The highest BCUT2D eigenvalue weighted by atomic mass is 79.9. The van der Waals surface area contributed by atoms with E-state index in [4.69, 9.17) is 0 Å². The van der Waals surface area contributed by atoms with E-state index < -0.39 is 5.82 Å². The molecule has 5 nitrogen and oxygen atoms in total. The fraction of sp³-hybridized carbons (Fsp3) is 0.379. The van der Waals surface area contributed by atoms with Crippen molar-refractivity contribution in [1.29, 1.82) is 0 Å². The number of aromatic nitrogens is 1. The first-order valence-electron chi connectivity index (χ1n) is 12.5. The highest BCUT2D eigenvalue weighted by Gasteiger charge is 2.24. The maximum absolute atomic E-state index is 13.5. The Bertz CT molecular complexity index is 1130. The fourth-order valence-corrected chi connectivity index (χ4v) is 4.33. The molecule has 0 unspecified atom stereocenters. The summed E-state index contributed by atoms with van der Waals surface area (Å²) in [5.74, 6) is -0.550. The average Bonchev–Trinajstić information content (AvgIpc) is 3.28. The number of nitrogens with zero attached hydrogens (tertiary/aromatic N) is 3. The lowest BCUT2D eigenvalue weighted by Gasteiger charge is -2.29. The summed E-state index contributed by atoms with van der Waals surface area (Å²) < 4.78 is 16.6. The Morgan fingerprint density at radius 3 is 2.33 bits per heavy atom. The normalized spacial score (nSPS) is 11.1. The molecule has 1 heterocycles. The summed E-state index contributed by atoms with van der Waals surface area (Å²) in [5, 5.41) is 0. The minimum atomic E-state index is -0.394. The van der Waals surface area contributed by atoms with Crippen molar-refractivity contribution in [1.82, 2.24) is 14.4 Å². The maximum atomic E-state index is 13.5. The van der Waals surface area contributed by atoms with Crippen LogP contribution in [-0.2, 0) is 17.9 Å². The van der Waals surface area contributed by atoms with E-state index in [1.165, 1.54) is 29.8 Å². The molecule has 7 heteroatoms. The summed E-state index contributed by atoms with van der Waals surface area (Å²) in [5.41, 5.74) is 2.60. The molecule has 0 aliphatic rings. The maximum Gasteiger partial charge on any atom is 0.254 e. The smallest absolute Gasteiger partial charge is 0.254 e. The second-order valence-electron chi connectivity index (χ2n) is 9.51. The lowest BCUT2D eigenvalue weighted by atomic mass is 10.1. The summed E-state index contributed by atoms with van der Waals surface area (Å²) in [4.78, 5) is 30.1. The van der Waals surface area contributed by atoms with Crippen LogP contribution in [0.3, 0.4) is 0 Å². The zero-order chi connectivity index (χ0) is 26.1. The molecule has 0 aliphatic carbocycles. The van der Waals surface area contributed by atoms with Gasteiger partial charge in [-0.2, -0.15) is 0 Å². The van der Waals surface area contributed by atoms with E-state index in [9.17, 15) is 14.0 Å². The van der Waals surface area contributed by atoms with Crippen LogP contribution in [-0.4, -0.2) is 45.8 Å². The van der Waals surface area contributed by atoms with Gasteiger partial charge in [0.1, 0.15) is 12.4 Å². The van der Waals surface area contributed by atoms with Crippen molar-refractivity contribution in [2.24, 2.45) is 5.92 Å². The monoisotopic (exact) mass is 555 g/mol. The van der Waals surface area contributed by atoms with Crippen molar-refractivity contribution in [2.45, 2.75) is 46.7 Å². The van der Waals surface area contributed by atoms with Crippen LogP contribution in [0.1, 0.15) is 55.2 Å². The largest absolute Gasteiger partial charge is 0.345 e. The third-order valence-electron chi connectivity index (χ3n) is 5.97.